The highest BCUT2D eigenvalue weighted by Gasteiger charge is 2.09. The fourth-order valence-electron chi connectivity index (χ4n) is 1.33. The molecule has 0 bridgehead atoms. The monoisotopic (exact) mass is 236 g/mol. The number of rotatable bonds is 2. The summed E-state index contributed by atoms with van der Waals surface area (Å²) < 4.78 is 5.21. The van der Waals surface area contributed by atoms with Crippen LogP contribution in [0.2, 0.25) is 5.02 Å². The topological polar surface area (TPSA) is 73.9 Å². The second-order valence-corrected chi connectivity index (χ2v) is 3.48. The van der Waals surface area contributed by atoms with Gasteiger partial charge in [0.15, 0.2) is 0 Å². The van der Waals surface area contributed by atoms with Gasteiger partial charge in [0, 0.05) is 10.6 Å². The zero-order valence-corrected chi connectivity index (χ0v) is 9.27. The lowest BCUT2D eigenvalue weighted by atomic mass is 10.1. The highest BCUT2D eigenvalue weighted by atomic mass is 35.5. The van der Waals surface area contributed by atoms with Gasteiger partial charge in [0.1, 0.15) is 5.75 Å². The fraction of sp³-hybridized carbons (Fsp3) is 0.100. The van der Waals surface area contributed by atoms with Crippen LogP contribution in [0.3, 0.4) is 0 Å². The van der Waals surface area contributed by atoms with Crippen molar-refractivity contribution in [3.8, 4) is 17.0 Å². The van der Waals surface area contributed by atoms with Crippen molar-refractivity contribution < 1.29 is 4.74 Å². The first-order valence-electron chi connectivity index (χ1n) is 4.50. The van der Waals surface area contributed by atoms with E-state index in [-0.39, 0.29) is 5.95 Å². The Kier molecular flexibility index (Phi) is 2.87. The van der Waals surface area contributed by atoms with Crippen LogP contribution < -0.4 is 10.5 Å². The van der Waals surface area contributed by atoms with Crippen LogP contribution in [-0.2, 0) is 0 Å². The van der Waals surface area contributed by atoms with Crippen LogP contribution in [0, 0.1) is 0 Å². The molecule has 0 saturated heterocycles. The summed E-state index contributed by atoms with van der Waals surface area (Å²) in [6.07, 6.45) is 1.50. The van der Waals surface area contributed by atoms with Gasteiger partial charge in [0.05, 0.1) is 19.0 Å². The first-order chi connectivity index (χ1) is 7.70. The van der Waals surface area contributed by atoms with E-state index >= 15 is 0 Å². The Hall–Kier alpha value is -1.88. The van der Waals surface area contributed by atoms with Crippen molar-refractivity contribution in [3.63, 3.8) is 0 Å². The van der Waals surface area contributed by atoms with Gasteiger partial charge >= 0.3 is 0 Å². The van der Waals surface area contributed by atoms with E-state index in [1.54, 1.807) is 25.3 Å². The van der Waals surface area contributed by atoms with E-state index in [1.165, 1.54) is 6.20 Å². The number of methoxy groups -OCH3 is 1. The molecule has 16 heavy (non-hydrogen) atoms. The van der Waals surface area contributed by atoms with Crippen LogP contribution >= 0.6 is 11.6 Å². The Morgan fingerprint density at radius 2 is 2.19 bits per heavy atom. The molecule has 2 aromatic rings. The van der Waals surface area contributed by atoms with E-state index in [2.05, 4.69) is 15.2 Å². The van der Waals surface area contributed by atoms with E-state index in [0.717, 1.165) is 5.56 Å². The highest BCUT2D eigenvalue weighted by molar-refractivity contribution is 6.30. The zero-order chi connectivity index (χ0) is 11.5. The number of nitrogen functional groups attached to an aromatic ring is 1. The SMILES string of the molecule is COc1ccc(Cl)cc1-c1cnnc(N)n1. The van der Waals surface area contributed by atoms with E-state index in [0.29, 0.717) is 16.5 Å². The minimum atomic E-state index is 0.111. The lowest BCUT2D eigenvalue weighted by Gasteiger charge is -2.07. The third-order valence-corrected chi connectivity index (χ3v) is 2.25. The summed E-state index contributed by atoms with van der Waals surface area (Å²) in [5.41, 5.74) is 6.78. The summed E-state index contributed by atoms with van der Waals surface area (Å²) in [7, 11) is 1.57. The average Bonchev–Trinajstić information content (AvgIpc) is 2.29. The first kappa shape index (κ1) is 10.6. The van der Waals surface area contributed by atoms with Crippen molar-refractivity contribution in [1.82, 2.24) is 15.2 Å². The molecule has 0 aliphatic carbocycles. The Labute approximate surface area is 97.2 Å². The fourth-order valence-corrected chi connectivity index (χ4v) is 1.50. The van der Waals surface area contributed by atoms with Crippen LogP contribution in [0.4, 0.5) is 5.95 Å². The molecule has 1 aromatic carbocycles. The normalized spacial score (nSPS) is 10.1. The van der Waals surface area contributed by atoms with Gasteiger partial charge in [-0.05, 0) is 18.2 Å². The molecule has 2 N–H and O–H groups in total. The number of benzene rings is 1. The van der Waals surface area contributed by atoms with Gasteiger partial charge in [-0.25, -0.2) is 4.98 Å². The molecule has 0 fully saturated rings. The molecule has 1 heterocycles. The third-order valence-electron chi connectivity index (χ3n) is 2.01. The molecule has 0 radical (unpaired) electrons. The van der Waals surface area contributed by atoms with Gasteiger partial charge in [-0.1, -0.05) is 11.6 Å². The highest BCUT2D eigenvalue weighted by Crippen LogP contribution is 2.30. The predicted molar refractivity (Wildman–Crippen MR) is 61.2 cm³/mol. The van der Waals surface area contributed by atoms with E-state index in [1.807, 2.05) is 0 Å². The van der Waals surface area contributed by atoms with Crippen LogP contribution in [0.5, 0.6) is 5.75 Å². The number of halogens is 1. The van der Waals surface area contributed by atoms with Gasteiger partial charge in [-0.15, -0.1) is 5.10 Å². The van der Waals surface area contributed by atoms with Crippen LogP contribution in [-0.4, -0.2) is 22.3 Å². The molecule has 0 atom stereocenters. The lowest BCUT2D eigenvalue weighted by molar-refractivity contribution is 0.416. The Morgan fingerprint density at radius 1 is 1.38 bits per heavy atom. The Morgan fingerprint density at radius 3 is 2.88 bits per heavy atom. The molecule has 2 rings (SSSR count). The first-order valence-corrected chi connectivity index (χ1v) is 4.87. The summed E-state index contributed by atoms with van der Waals surface area (Å²) in [5, 5.41) is 7.91. The summed E-state index contributed by atoms with van der Waals surface area (Å²) >= 11 is 5.91. The van der Waals surface area contributed by atoms with Crippen molar-refractivity contribution in [1.29, 1.82) is 0 Å². The molecule has 0 aliphatic heterocycles. The smallest absolute Gasteiger partial charge is 0.240 e. The van der Waals surface area contributed by atoms with Gasteiger partial charge in [-0.2, -0.15) is 5.10 Å². The molecule has 6 heteroatoms. The molecule has 1 aromatic heterocycles. The summed E-state index contributed by atoms with van der Waals surface area (Å²) in [4.78, 5) is 4.06. The molecule has 0 saturated carbocycles. The summed E-state index contributed by atoms with van der Waals surface area (Å²) in [6, 6.07) is 5.24. The zero-order valence-electron chi connectivity index (χ0n) is 8.51. The molecule has 0 amide bonds. The molecule has 0 spiro atoms. The van der Waals surface area contributed by atoms with E-state index in [9.17, 15) is 0 Å². The molecular formula is C10H9ClN4O. The predicted octanol–water partition coefficient (Wildman–Crippen LogP) is 1.78. The van der Waals surface area contributed by atoms with Crippen molar-refractivity contribution in [2.24, 2.45) is 0 Å². The van der Waals surface area contributed by atoms with Gasteiger partial charge in [0.25, 0.3) is 0 Å². The maximum absolute atomic E-state index is 5.91. The number of nitrogens with two attached hydrogens (primary N) is 1. The Bertz CT molecular complexity index is 518. The number of nitrogens with zero attached hydrogens (tertiary/aromatic N) is 3. The quantitative estimate of drug-likeness (QED) is 0.860. The third kappa shape index (κ3) is 2.04. The van der Waals surface area contributed by atoms with Crippen molar-refractivity contribution in [2.75, 3.05) is 12.8 Å². The maximum Gasteiger partial charge on any atom is 0.240 e. The minimum absolute atomic E-state index is 0.111. The van der Waals surface area contributed by atoms with E-state index < -0.39 is 0 Å². The van der Waals surface area contributed by atoms with Crippen molar-refractivity contribution >= 4 is 17.5 Å². The summed E-state index contributed by atoms with van der Waals surface area (Å²) in [5.74, 6) is 0.767. The van der Waals surface area contributed by atoms with Gasteiger partial charge in [0.2, 0.25) is 5.95 Å². The molecule has 0 aliphatic rings. The maximum atomic E-state index is 5.91. The van der Waals surface area contributed by atoms with Crippen LogP contribution in [0.25, 0.3) is 11.3 Å². The van der Waals surface area contributed by atoms with Gasteiger partial charge in [-0.3, -0.25) is 0 Å². The van der Waals surface area contributed by atoms with Crippen molar-refractivity contribution in [3.05, 3.63) is 29.4 Å². The van der Waals surface area contributed by atoms with Crippen LogP contribution in [0.15, 0.2) is 24.4 Å². The average molecular weight is 237 g/mol. The van der Waals surface area contributed by atoms with Crippen molar-refractivity contribution in [2.45, 2.75) is 0 Å². The van der Waals surface area contributed by atoms with Crippen LogP contribution in [0.1, 0.15) is 0 Å². The standard InChI is InChI=1S/C10H9ClN4O/c1-16-9-3-2-6(11)4-7(9)8-5-13-15-10(12)14-8/h2-5H,1H3,(H2,12,14,15). The molecule has 0 unspecified atom stereocenters. The number of ether oxygens (including phenoxy) is 1. The number of hydrogen-bond acceptors (Lipinski definition) is 5. The molecule has 82 valence electrons. The molecular weight excluding hydrogens is 228 g/mol. The number of hydrogen-bond donors (Lipinski definition) is 1. The second-order valence-electron chi connectivity index (χ2n) is 3.04. The largest absolute Gasteiger partial charge is 0.496 e. The lowest BCUT2D eigenvalue weighted by Crippen LogP contribution is -1.99. The summed E-state index contributed by atoms with van der Waals surface area (Å²) in [6.45, 7) is 0. The Balaban J connectivity index is 2.58. The van der Waals surface area contributed by atoms with Gasteiger partial charge < -0.3 is 10.5 Å². The molecule has 5 nitrogen and oxygen atoms in total. The minimum Gasteiger partial charge on any atom is -0.496 e. The van der Waals surface area contributed by atoms with E-state index in [4.69, 9.17) is 22.1 Å². The number of anilines is 1. The second kappa shape index (κ2) is 4.32. The number of aromatic nitrogens is 3.